The highest BCUT2D eigenvalue weighted by Gasteiger charge is 2.53. The van der Waals surface area contributed by atoms with E-state index in [2.05, 4.69) is 13.8 Å². The van der Waals surface area contributed by atoms with Crippen LogP contribution in [0.5, 0.6) is 0 Å². The number of rotatable bonds is 0. The molecule has 0 aromatic carbocycles. The second-order valence-electron chi connectivity index (χ2n) is 6.58. The van der Waals surface area contributed by atoms with Crippen LogP contribution in [-0.2, 0) is 14.3 Å². The zero-order valence-corrected chi connectivity index (χ0v) is 13.8. The standard InChI is InChI=1S/C15H20O3P2/c1-8-3-5-10-7-11-6-4-9(2)20(11)13-12(19(8)10)14(16)18-15(13)17/h8-11H,3-7H2,1-2H3. The number of cyclic esters (lactones) is 2. The fourth-order valence-corrected chi connectivity index (χ4v) is 12.3. The van der Waals surface area contributed by atoms with Crippen LogP contribution in [0.3, 0.4) is 0 Å². The van der Waals surface area contributed by atoms with Gasteiger partial charge in [0.25, 0.3) is 0 Å². The molecule has 0 aliphatic carbocycles. The van der Waals surface area contributed by atoms with Crippen molar-refractivity contribution >= 4 is 27.8 Å². The summed E-state index contributed by atoms with van der Waals surface area (Å²) in [5.74, 6) is -0.561. The van der Waals surface area contributed by atoms with Crippen LogP contribution >= 0.6 is 15.8 Å². The Labute approximate surface area is 122 Å². The number of ether oxygens (including phenoxy) is 1. The largest absolute Gasteiger partial charge is 0.386 e. The van der Waals surface area contributed by atoms with Crippen LogP contribution in [0.1, 0.15) is 46.0 Å². The van der Waals surface area contributed by atoms with Crippen molar-refractivity contribution in [2.24, 2.45) is 0 Å². The molecule has 6 atom stereocenters. The van der Waals surface area contributed by atoms with Crippen molar-refractivity contribution in [3.63, 3.8) is 0 Å². The first-order chi connectivity index (χ1) is 9.58. The fraction of sp³-hybridized carbons (Fsp3) is 0.733. The van der Waals surface area contributed by atoms with Crippen LogP contribution in [0.15, 0.2) is 10.6 Å². The number of hydrogen-bond donors (Lipinski definition) is 0. The molecule has 4 heterocycles. The molecular formula is C15H20O3P2. The first kappa shape index (κ1) is 13.4. The maximum absolute atomic E-state index is 12.3. The van der Waals surface area contributed by atoms with E-state index in [1.54, 1.807) is 0 Å². The van der Waals surface area contributed by atoms with Gasteiger partial charge in [-0.2, -0.15) is 0 Å². The summed E-state index contributed by atoms with van der Waals surface area (Å²) in [6, 6.07) is 0. The average Bonchev–Trinajstić information content (AvgIpc) is 2.97. The van der Waals surface area contributed by atoms with Crippen LogP contribution in [0.2, 0.25) is 0 Å². The maximum Gasteiger partial charge on any atom is 0.347 e. The molecule has 20 heavy (non-hydrogen) atoms. The third-order valence-corrected chi connectivity index (χ3v) is 12.4. The van der Waals surface area contributed by atoms with Gasteiger partial charge in [0.2, 0.25) is 0 Å². The number of carbonyl (C=O) groups excluding carboxylic acids is 2. The Kier molecular flexibility index (Phi) is 3.09. The van der Waals surface area contributed by atoms with Crippen molar-refractivity contribution in [1.29, 1.82) is 0 Å². The maximum atomic E-state index is 12.3. The Bertz CT molecular complexity index is 483. The highest BCUT2D eigenvalue weighted by molar-refractivity contribution is 7.70. The monoisotopic (exact) mass is 310 g/mol. The molecule has 108 valence electrons. The minimum absolute atomic E-state index is 0.280. The lowest BCUT2D eigenvalue weighted by Gasteiger charge is -2.24. The first-order valence-electron chi connectivity index (χ1n) is 7.65. The van der Waals surface area contributed by atoms with Gasteiger partial charge in [0.05, 0.1) is 10.6 Å². The SMILES string of the molecule is CC1CCC2CC3CCC(C)P3C3=C(C(=O)OC3=O)P12. The molecule has 0 aromatic rings. The van der Waals surface area contributed by atoms with Gasteiger partial charge in [0, 0.05) is 0 Å². The van der Waals surface area contributed by atoms with Crippen molar-refractivity contribution in [3.8, 4) is 0 Å². The molecule has 0 radical (unpaired) electrons. The zero-order valence-electron chi connectivity index (χ0n) is 12.0. The third kappa shape index (κ3) is 1.72. The number of fused-ring (bicyclic) bond motifs is 4. The second kappa shape index (κ2) is 4.62. The average molecular weight is 310 g/mol. The van der Waals surface area contributed by atoms with Crippen molar-refractivity contribution in [3.05, 3.63) is 10.6 Å². The van der Waals surface area contributed by atoms with E-state index in [0.29, 0.717) is 22.6 Å². The summed E-state index contributed by atoms with van der Waals surface area (Å²) in [6.45, 7) is 4.54. The van der Waals surface area contributed by atoms with E-state index >= 15 is 0 Å². The summed E-state index contributed by atoms with van der Waals surface area (Å²) in [6.07, 6.45) is 6.20. The highest BCUT2D eigenvalue weighted by Crippen LogP contribution is 2.75. The molecule has 0 amide bonds. The minimum atomic E-state index is -0.457. The van der Waals surface area contributed by atoms with Gasteiger partial charge in [0.15, 0.2) is 0 Å². The molecule has 0 N–H and O–H groups in total. The van der Waals surface area contributed by atoms with Crippen LogP contribution < -0.4 is 0 Å². The van der Waals surface area contributed by atoms with E-state index in [1.807, 2.05) is 0 Å². The number of carbonyl (C=O) groups is 2. The number of esters is 2. The van der Waals surface area contributed by atoms with Crippen LogP contribution in [0.25, 0.3) is 0 Å². The summed E-state index contributed by atoms with van der Waals surface area (Å²) >= 11 is 0. The summed E-state index contributed by atoms with van der Waals surface area (Å²) in [7, 11) is -0.915. The van der Waals surface area contributed by atoms with Gasteiger partial charge < -0.3 is 4.74 Å². The Balaban J connectivity index is 1.89. The van der Waals surface area contributed by atoms with Gasteiger partial charge >= 0.3 is 11.9 Å². The first-order valence-corrected chi connectivity index (χ1v) is 10.6. The molecule has 0 saturated carbocycles. The van der Waals surface area contributed by atoms with E-state index in [0.717, 1.165) is 10.6 Å². The number of hydrogen-bond acceptors (Lipinski definition) is 3. The fourth-order valence-electron chi connectivity index (χ4n) is 4.56. The lowest BCUT2D eigenvalue weighted by atomic mass is 10.1. The molecule has 0 spiro atoms. The van der Waals surface area contributed by atoms with Gasteiger partial charge in [-0.1, -0.05) is 29.7 Å². The van der Waals surface area contributed by atoms with E-state index in [1.165, 1.54) is 32.1 Å². The molecule has 4 aliphatic rings. The highest BCUT2D eigenvalue weighted by atomic mass is 31.1. The molecule has 4 aliphatic heterocycles. The summed E-state index contributed by atoms with van der Waals surface area (Å²) in [4.78, 5) is 24.6. The topological polar surface area (TPSA) is 43.4 Å². The van der Waals surface area contributed by atoms with Crippen LogP contribution in [0, 0.1) is 0 Å². The molecule has 0 aromatic heterocycles. The Morgan fingerprint density at radius 1 is 0.850 bits per heavy atom. The van der Waals surface area contributed by atoms with Crippen molar-refractivity contribution < 1.29 is 14.3 Å². The van der Waals surface area contributed by atoms with Gasteiger partial charge in [-0.05, 0) is 54.7 Å². The predicted molar refractivity (Wildman–Crippen MR) is 81.6 cm³/mol. The van der Waals surface area contributed by atoms with E-state index < -0.39 is 15.8 Å². The lowest BCUT2D eigenvalue weighted by molar-refractivity contribution is -0.150. The third-order valence-electron chi connectivity index (χ3n) is 5.43. The molecule has 6 unspecified atom stereocenters. The molecule has 4 rings (SSSR count). The molecule has 2 saturated heterocycles. The van der Waals surface area contributed by atoms with E-state index in [4.69, 9.17) is 4.74 Å². The summed E-state index contributed by atoms with van der Waals surface area (Å²) in [5, 5.41) is 1.75. The Morgan fingerprint density at radius 2 is 1.30 bits per heavy atom. The van der Waals surface area contributed by atoms with Crippen LogP contribution in [-0.4, -0.2) is 34.6 Å². The molecule has 2 fully saturated rings. The minimum Gasteiger partial charge on any atom is -0.386 e. The summed E-state index contributed by atoms with van der Waals surface area (Å²) in [5.41, 5.74) is 2.52. The second-order valence-corrected chi connectivity index (χ2v) is 12.3. The smallest absolute Gasteiger partial charge is 0.347 e. The van der Waals surface area contributed by atoms with Gasteiger partial charge in [-0.15, -0.1) is 0 Å². The van der Waals surface area contributed by atoms with Crippen molar-refractivity contribution in [2.75, 3.05) is 0 Å². The molecule has 5 heteroatoms. The predicted octanol–water partition coefficient (Wildman–Crippen LogP) is 3.75. The molecular weight excluding hydrogens is 290 g/mol. The zero-order chi connectivity index (χ0) is 14.0. The molecule has 0 bridgehead atoms. The molecule has 3 nitrogen and oxygen atoms in total. The van der Waals surface area contributed by atoms with E-state index in [-0.39, 0.29) is 11.9 Å². The Morgan fingerprint density at radius 3 is 1.75 bits per heavy atom. The van der Waals surface area contributed by atoms with E-state index in [9.17, 15) is 9.59 Å². The van der Waals surface area contributed by atoms with Gasteiger partial charge in [-0.3, -0.25) is 0 Å². The van der Waals surface area contributed by atoms with Crippen LogP contribution in [0.4, 0.5) is 0 Å². The van der Waals surface area contributed by atoms with Gasteiger partial charge in [-0.25, -0.2) is 9.59 Å². The van der Waals surface area contributed by atoms with Crippen molar-refractivity contribution in [2.45, 2.75) is 68.6 Å². The normalized spacial score (nSPS) is 46.9. The van der Waals surface area contributed by atoms with Gasteiger partial charge in [0.1, 0.15) is 0 Å². The quantitative estimate of drug-likeness (QED) is 0.389. The van der Waals surface area contributed by atoms with Crippen molar-refractivity contribution in [1.82, 2.24) is 0 Å². The lowest BCUT2D eigenvalue weighted by Crippen LogP contribution is -2.13. The summed E-state index contributed by atoms with van der Waals surface area (Å²) < 4.78 is 5.06. The Hall–Kier alpha value is -0.260.